The smallest absolute Gasteiger partial charge is 0.287 e. The fourth-order valence-corrected chi connectivity index (χ4v) is 4.62. The zero-order valence-corrected chi connectivity index (χ0v) is 14.4. The van der Waals surface area contributed by atoms with Crippen molar-refractivity contribution in [1.29, 1.82) is 0 Å². The molecular weight excluding hydrogens is 370 g/mol. The molecule has 1 fully saturated rings. The van der Waals surface area contributed by atoms with Crippen LogP contribution in [0.2, 0.25) is 0 Å². The Labute approximate surface area is 136 Å². The van der Waals surface area contributed by atoms with Gasteiger partial charge in [-0.15, -0.1) is 0 Å². The molecule has 118 valence electrons. The van der Waals surface area contributed by atoms with Gasteiger partial charge in [0.2, 0.25) is 0 Å². The molecule has 3 rings (SSSR count). The molecule has 1 aromatic carbocycles. The summed E-state index contributed by atoms with van der Waals surface area (Å²) in [6.45, 7) is 1.87. The number of aromatic nitrogens is 2. The van der Waals surface area contributed by atoms with E-state index in [1.54, 1.807) is 0 Å². The van der Waals surface area contributed by atoms with Gasteiger partial charge in [-0.3, -0.25) is 4.79 Å². The van der Waals surface area contributed by atoms with Crippen LogP contribution in [0.25, 0.3) is 11.0 Å². The van der Waals surface area contributed by atoms with Crippen LogP contribution in [-0.4, -0.2) is 41.3 Å². The molecule has 1 aliphatic rings. The fraction of sp³-hybridized carbons (Fsp3) is 0.429. The minimum atomic E-state index is -2.96. The van der Waals surface area contributed by atoms with Crippen LogP contribution in [0.4, 0.5) is 0 Å². The standard InChI is InChI=1S/C14H16BrN3O3S/c1-14(4-6-22(20,21)7-5-14)18-13(19)12-16-10-3-2-9(15)8-11(10)17-12/h2-3,8H,4-7H2,1H3,(H,16,17)(H,18,19). The first-order chi connectivity index (χ1) is 10.3. The second kappa shape index (κ2) is 5.34. The van der Waals surface area contributed by atoms with Crippen LogP contribution in [0.3, 0.4) is 0 Å². The molecule has 2 aromatic rings. The van der Waals surface area contributed by atoms with Gasteiger partial charge in [0.05, 0.1) is 22.5 Å². The molecule has 8 heteroatoms. The van der Waals surface area contributed by atoms with E-state index in [-0.39, 0.29) is 23.2 Å². The van der Waals surface area contributed by atoms with E-state index in [0.29, 0.717) is 18.4 Å². The number of nitrogens with zero attached hydrogens (tertiary/aromatic N) is 1. The van der Waals surface area contributed by atoms with Gasteiger partial charge in [-0.2, -0.15) is 0 Å². The van der Waals surface area contributed by atoms with E-state index < -0.39 is 15.4 Å². The molecule has 0 atom stereocenters. The van der Waals surface area contributed by atoms with Crippen molar-refractivity contribution >= 4 is 42.7 Å². The lowest BCUT2D eigenvalue weighted by molar-refractivity contribution is 0.0890. The van der Waals surface area contributed by atoms with Crippen LogP contribution in [-0.2, 0) is 9.84 Å². The monoisotopic (exact) mass is 385 g/mol. The summed E-state index contributed by atoms with van der Waals surface area (Å²) in [5.74, 6) is 0.144. The van der Waals surface area contributed by atoms with E-state index in [4.69, 9.17) is 0 Å². The van der Waals surface area contributed by atoms with Crippen molar-refractivity contribution in [3.05, 3.63) is 28.5 Å². The minimum absolute atomic E-state index is 0.108. The molecular formula is C14H16BrN3O3S. The van der Waals surface area contributed by atoms with Crippen molar-refractivity contribution < 1.29 is 13.2 Å². The SMILES string of the molecule is CC1(NC(=O)c2nc3ccc(Br)cc3[nH]2)CCS(=O)(=O)CC1. The van der Waals surface area contributed by atoms with E-state index in [9.17, 15) is 13.2 Å². The quantitative estimate of drug-likeness (QED) is 0.826. The third-order valence-corrected chi connectivity index (χ3v) is 6.15. The Morgan fingerprint density at radius 1 is 1.36 bits per heavy atom. The van der Waals surface area contributed by atoms with Crippen LogP contribution in [0.1, 0.15) is 30.4 Å². The van der Waals surface area contributed by atoms with E-state index >= 15 is 0 Å². The number of sulfone groups is 1. The summed E-state index contributed by atoms with van der Waals surface area (Å²) in [4.78, 5) is 19.6. The van der Waals surface area contributed by atoms with Crippen molar-refractivity contribution in [2.75, 3.05) is 11.5 Å². The maximum Gasteiger partial charge on any atom is 0.287 e. The van der Waals surface area contributed by atoms with Gasteiger partial charge in [0.15, 0.2) is 5.82 Å². The Bertz CT molecular complexity index is 830. The number of H-pyrrole nitrogens is 1. The summed E-state index contributed by atoms with van der Waals surface area (Å²) >= 11 is 3.37. The maximum absolute atomic E-state index is 12.4. The normalized spacial score (nSPS) is 19.9. The number of hydrogen-bond acceptors (Lipinski definition) is 4. The second-order valence-corrected chi connectivity index (χ2v) is 9.13. The van der Waals surface area contributed by atoms with Gasteiger partial charge < -0.3 is 10.3 Å². The van der Waals surface area contributed by atoms with Gasteiger partial charge in [0.1, 0.15) is 9.84 Å². The molecule has 0 bridgehead atoms. The first-order valence-electron chi connectivity index (χ1n) is 6.95. The first-order valence-corrected chi connectivity index (χ1v) is 9.56. The van der Waals surface area contributed by atoms with Crippen molar-refractivity contribution in [1.82, 2.24) is 15.3 Å². The van der Waals surface area contributed by atoms with E-state index in [1.807, 2.05) is 25.1 Å². The Balaban J connectivity index is 1.78. The van der Waals surface area contributed by atoms with Gasteiger partial charge >= 0.3 is 0 Å². The molecule has 0 spiro atoms. The molecule has 1 amide bonds. The number of hydrogen-bond donors (Lipinski definition) is 2. The van der Waals surface area contributed by atoms with Crippen LogP contribution in [0.15, 0.2) is 22.7 Å². The highest BCUT2D eigenvalue weighted by atomic mass is 79.9. The summed E-state index contributed by atoms with van der Waals surface area (Å²) < 4.78 is 23.9. The number of rotatable bonds is 2. The molecule has 2 N–H and O–H groups in total. The predicted octanol–water partition coefficient (Wildman–Crippen LogP) is 2.02. The van der Waals surface area contributed by atoms with Crippen molar-refractivity contribution in [3.63, 3.8) is 0 Å². The molecule has 1 aliphatic heterocycles. The summed E-state index contributed by atoms with van der Waals surface area (Å²) in [6, 6.07) is 5.54. The Hall–Kier alpha value is -1.41. The van der Waals surface area contributed by atoms with E-state index in [1.165, 1.54) is 0 Å². The molecule has 0 saturated carbocycles. The molecule has 2 heterocycles. The van der Waals surface area contributed by atoms with Crippen LogP contribution < -0.4 is 5.32 Å². The average Bonchev–Trinajstić information content (AvgIpc) is 2.86. The van der Waals surface area contributed by atoms with Gasteiger partial charge in [-0.1, -0.05) is 15.9 Å². The van der Waals surface area contributed by atoms with Crippen LogP contribution >= 0.6 is 15.9 Å². The van der Waals surface area contributed by atoms with Crippen LogP contribution in [0, 0.1) is 0 Å². The third kappa shape index (κ3) is 3.17. The number of carbonyl (C=O) groups excluding carboxylic acids is 1. The maximum atomic E-state index is 12.4. The highest BCUT2D eigenvalue weighted by molar-refractivity contribution is 9.10. The molecule has 6 nitrogen and oxygen atoms in total. The number of amides is 1. The number of nitrogens with one attached hydrogen (secondary N) is 2. The lowest BCUT2D eigenvalue weighted by Crippen LogP contribution is -2.51. The van der Waals surface area contributed by atoms with Crippen LogP contribution in [0.5, 0.6) is 0 Å². The molecule has 0 radical (unpaired) electrons. The zero-order valence-electron chi connectivity index (χ0n) is 12.0. The second-order valence-electron chi connectivity index (χ2n) is 5.91. The number of fused-ring (bicyclic) bond motifs is 1. The van der Waals surface area contributed by atoms with E-state index in [0.717, 1.165) is 9.99 Å². The highest BCUT2D eigenvalue weighted by Crippen LogP contribution is 2.24. The number of benzene rings is 1. The number of aromatic amines is 1. The Morgan fingerprint density at radius 3 is 2.73 bits per heavy atom. The first kappa shape index (κ1) is 15.5. The summed E-state index contributed by atoms with van der Waals surface area (Å²) in [5.41, 5.74) is 0.975. The lowest BCUT2D eigenvalue weighted by Gasteiger charge is -2.33. The topological polar surface area (TPSA) is 91.9 Å². The molecule has 0 aliphatic carbocycles. The highest BCUT2D eigenvalue weighted by Gasteiger charge is 2.35. The van der Waals surface area contributed by atoms with Gasteiger partial charge in [-0.25, -0.2) is 13.4 Å². The number of imidazole rings is 1. The predicted molar refractivity (Wildman–Crippen MR) is 87.6 cm³/mol. The lowest BCUT2D eigenvalue weighted by atomic mass is 9.95. The third-order valence-electron chi connectivity index (χ3n) is 4.00. The van der Waals surface area contributed by atoms with Crippen molar-refractivity contribution in [3.8, 4) is 0 Å². The molecule has 0 unspecified atom stereocenters. The zero-order chi connectivity index (χ0) is 16.0. The van der Waals surface area contributed by atoms with Gasteiger partial charge in [0, 0.05) is 10.0 Å². The van der Waals surface area contributed by atoms with E-state index in [2.05, 4.69) is 31.2 Å². The Kier molecular flexibility index (Phi) is 3.76. The number of carbonyl (C=O) groups is 1. The van der Waals surface area contributed by atoms with Crippen molar-refractivity contribution in [2.24, 2.45) is 0 Å². The van der Waals surface area contributed by atoms with Gasteiger partial charge in [-0.05, 0) is 38.0 Å². The summed E-state index contributed by atoms with van der Waals surface area (Å²) in [6.07, 6.45) is 0.847. The summed E-state index contributed by atoms with van der Waals surface area (Å²) in [5, 5.41) is 2.92. The van der Waals surface area contributed by atoms with Gasteiger partial charge in [0.25, 0.3) is 5.91 Å². The average molecular weight is 386 g/mol. The fourth-order valence-electron chi connectivity index (χ4n) is 2.54. The Morgan fingerprint density at radius 2 is 2.05 bits per heavy atom. The summed E-state index contributed by atoms with van der Waals surface area (Å²) in [7, 11) is -2.96. The largest absolute Gasteiger partial charge is 0.344 e. The number of halogens is 1. The van der Waals surface area contributed by atoms with Crippen molar-refractivity contribution in [2.45, 2.75) is 25.3 Å². The molecule has 1 aromatic heterocycles. The molecule has 1 saturated heterocycles. The molecule has 22 heavy (non-hydrogen) atoms. The minimum Gasteiger partial charge on any atom is -0.344 e.